The number of oxazole rings is 1. The van der Waals surface area contributed by atoms with Crippen LogP contribution in [0.2, 0.25) is 0 Å². The Labute approximate surface area is 126 Å². The second kappa shape index (κ2) is 6.00. The van der Waals surface area contributed by atoms with Gasteiger partial charge in [0, 0.05) is 31.2 Å². The summed E-state index contributed by atoms with van der Waals surface area (Å²) in [6.45, 7) is 7.21. The summed E-state index contributed by atoms with van der Waals surface area (Å²) in [7, 11) is 0. The van der Waals surface area contributed by atoms with Gasteiger partial charge in [0.15, 0.2) is 0 Å². The number of aromatic nitrogens is 1. The van der Waals surface area contributed by atoms with E-state index in [1.54, 1.807) is 6.26 Å². The zero-order chi connectivity index (χ0) is 14.8. The highest BCUT2D eigenvalue weighted by Gasteiger charge is 2.23. The lowest BCUT2D eigenvalue weighted by Crippen LogP contribution is -2.45. The molecule has 0 radical (unpaired) electrons. The lowest BCUT2D eigenvalue weighted by atomic mass is 9.95. The van der Waals surface area contributed by atoms with Gasteiger partial charge in [0.2, 0.25) is 5.89 Å². The van der Waals surface area contributed by atoms with Crippen LogP contribution in [0.25, 0.3) is 11.5 Å². The molecule has 4 nitrogen and oxygen atoms in total. The molecule has 4 heteroatoms. The van der Waals surface area contributed by atoms with E-state index in [4.69, 9.17) is 10.2 Å². The lowest BCUT2D eigenvalue weighted by molar-refractivity contribution is 0.156. The third-order valence-electron chi connectivity index (χ3n) is 4.29. The molecular formula is C17H23N3O. The monoisotopic (exact) mass is 285 g/mol. The molecule has 2 aromatic rings. The molecule has 2 N–H and O–H groups in total. The van der Waals surface area contributed by atoms with Gasteiger partial charge in [-0.25, -0.2) is 4.98 Å². The van der Waals surface area contributed by atoms with Gasteiger partial charge in [-0.15, -0.1) is 0 Å². The van der Waals surface area contributed by atoms with Crippen LogP contribution in [0.5, 0.6) is 0 Å². The first kappa shape index (κ1) is 14.3. The lowest BCUT2D eigenvalue weighted by Gasteiger charge is -2.34. The molecule has 2 unspecified atom stereocenters. The van der Waals surface area contributed by atoms with E-state index >= 15 is 0 Å². The van der Waals surface area contributed by atoms with Crippen molar-refractivity contribution in [2.24, 2.45) is 11.7 Å². The van der Waals surface area contributed by atoms with Crippen molar-refractivity contribution in [1.82, 2.24) is 9.88 Å². The van der Waals surface area contributed by atoms with Gasteiger partial charge in [0.25, 0.3) is 0 Å². The van der Waals surface area contributed by atoms with Crippen molar-refractivity contribution in [1.29, 1.82) is 0 Å². The molecule has 112 valence electrons. The van der Waals surface area contributed by atoms with Crippen molar-refractivity contribution in [2.45, 2.75) is 32.9 Å². The summed E-state index contributed by atoms with van der Waals surface area (Å²) in [6, 6.07) is 8.58. The molecule has 2 atom stereocenters. The van der Waals surface area contributed by atoms with Crippen LogP contribution in [0.15, 0.2) is 34.9 Å². The predicted octanol–water partition coefficient (Wildman–Crippen LogP) is 2.82. The summed E-state index contributed by atoms with van der Waals surface area (Å²) in [5.74, 6) is 1.24. The van der Waals surface area contributed by atoms with Gasteiger partial charge in [-0.2, -0.15) is 0 Å². The number of likely N-dealkylation sites (tertiary alicyclic amines) is 1. The Morgan fingerprint density at radius 1 is 1.33 bits per heavy atom. The topological polar surface area (TPSA) is 55.3 Å². The number of hydrogen-bond donors (Lipinski definition) is 1. The van der Waals surface area contributed by atoms with Crippen LogP contribution in [0, 0.1) is 12.8 Å². The number of piperidine rings is 1. The number of benzene rings is 1. The Balaban J connectivity index is 1.66. The van der Waals surface area contributed by atoms with Crippen LogP contribution < -0.4 is 5.73 Å². The smallest absolute Gasteiger partial charge is 0.226 e. The van der Waals surface area contributed by atoms with E-state index in [-0.39, 0.29) is 0 Å². The van der Waals surface area contributed by atoms with Gasteiger partial charge in [0.1, 0.15) is 6.26 Å². The normalized spacial score (nSPS) is 23.4. The zero-order valence-corrected chi connectivity index (χ0v) is 12.7. The van der Waals surface area contributed by atoms with Gasteiger partial charge in [0.05, 0.1) is 5.69 Å². The summed E-state index contributed by atoms with van der Waals surface area (Å²) >= 11 is 0. The Kier molecular flexibility index (Phi) is 4.08. The van der Waals surface area contributed by atoms with E-state index in [1.807, 2.05) is 12.1 Å². The number of hydrogen-bond acceptors (Lipinski definition) is 4. The Morgan fingerprint density at radius 2 is 2.10 bits per heavy atom. The quantitative estimate of drug-likeness (QED) is 0.942. The summed E-state index contributed by atoms with van der Waals surface area (Å²) in [4.78, 5) is 7.02. The first-order valence-electron chi connectivity index (χ1n) is 7.61. The van der Waals surface area contributed by atoms with Crippen LogP contribution in [-0.4, -0.2) is 29.0 Å². The minimum absolute atomic E-state index is 0.335. The second-order valence-electron chi connectivity index (χ2n) is 6.17. The maximum absolute atomic E-state index is 6.07. The molecule has 21 heavy (non-hydrogen) atoms. The zero-order valence-electron chi connectivity index (χ0n) is 12.7. The number of nitrogens with zero attached hydrogens (tertiary/aromatic N) is 2. The highest BCUT2D eigenvalue weighted by Crippen LogP contribution is 2.21. The first-order valence-corrected chi connectivity index (χ1v) is 7.61. The molecule has 1 aromatic heterocycles. The molecule has 1 fully saturated rings. The molecule has 0 bridgehead atoms. The van der Waals surface area contributed by atoms with E-state index < -0.39 is 0 Å². The molecule has 0 amide bonds. The van der Waals surface area contributed by atoms with Gasteiger partial charge in [-0.1, -0.05) is 24.6 Å². The summed E-state index contributed by atoms with van der Waals surface area (Å²) in [5, 5.41) is 0. The fourth-order valence-electron chi connectivity index (χ4n) is 2.83. The SMILES string of the molecule is Cc1ccc(-c2nc(CN3CCC(N)C(C)C3)co2)cc1. The number of rotatable bonds is 3. The van der Waals surface area contributed by atoms with Crippen molar-refractivity contribution in [3.05, 3.63) is 41.8 Å². The van der Waals surface area contributed by atoms with Crippen LogP contribution in [0.4, 0.5) is 0 Å². The van der Waals surface area contributed by atoms with Crippen molar-refractivity contribution in [3.63, 3.8) is 0 Å². The molecule has 0 aliphatic carbocycles. The molecule has 3 rings (SSSR count). The predicted molar refractivity (Wildman–Crippen MR) is 83.7 cm³/mol. The molecule has 0 spiro atoms. The minimum atomic E-state index is 0.335. The minimum Gasteiger partial charge on any atom is -0.444 e. The third-order valence-corrected chi connectivity index (χ3v) is 4.29. The molecule has 1 saturated heterocycles. The van der Waals surface area contributed by atoms with Gasteiger partial charge >= 0.3 is 0 Å². The maximum atomic E-state index is 6.07. The largest absolute Gasteiger partial charge is 0.444 e. The number of aryl methyl sites for hydroxylation is 1. The molecule has 1 aromatic carbocycles. The molecular weight excluding hydrogens is 262 g/mol. The second-order valence-corrected chi connectivity index (χ2v) is 6.17. The average molecular weight is 285 g/mol. The van der Waals surface area contributed by atoms with Gasteiger partial charge in [-0.3, -0.25) is 4.90 Å². The van der Waals surface area contributed by atoms with Crippen molar-refractivity contribution in [3.8, 4) is 11.5 Å². The van der Waals surface area contributed by atoms with Crippen LogP contribution in [0.1, 0.15) is 24.6 Å². The molecule has 1 aliphatic rings. The Bertz CT molecular complexity index is 590. The van der Waals surface area contributed by atoms with Gasteiger partial charge < -0.3 is 10.2 Å². The first-order chi connectivity index (χ1) is 10.1. The number of nitrogens with two attached hydrogens (primary N) is 1. The molecule has 2 heterocycles. The average Bonchev–Trinajstić information content (AvgIpc) is 2.92. The maximum Gasteiger partial charge on any atom is 0.226 e. The van der Waals surface area contributed by atoms with Crippen molar-refractivity contribution < 1.29 is 4.42 Å². The third kappa shape index (κ3) is 3.34. The van der Waals surface area contributed by atoms with Crippen molar-refractivity contribution in [2.75, 3.05) is 13.1 Å². The summed E-state index contributed by atoms with van der Waals surface area (Å²) < 4.78 is 5.62. The molecule has 0 saturated carbocycles. The molecule has 1 aliphatic heterocycles. The fraction of sp³-hybridized carbons (Fsp3) is 0.471. The highest BCUT2D eigenvalue weighted by molar-refractivity contribution is 5.53. The Hall–Kier alpha value is -1.65. The Morgan fingerprint density at radius 3 is 2.81 bits per heavy atom. The van der Waals surface area contributed by atoms with Crippen LogP contribution in [0.3, 0.4) is 0 Å². The van der Waals surface area contributed by atoms with Crippen molar-refractivity contribution >= 4 is 0 Å². The highest BCUT2D eigenvalue weighted by atomic mass is 16.3. The van der Waals surface area contributed by atoms with E-state index in [0.29, 0.717) is 17.9 Å². The van der Waals surface area contributed by atoms with E-state index in [0.717, 1.165) is 37.3 Å². The van der Waals surface area contributed by atoms with E-state index in [1.165, 1.54) is 5.56 Å². The standard InChI is InChI=1S/C17H23N3O/c1-12-3-5-14(6-4-12)17-19-15(11-21-17)10-20-8-7-16(18)13(2)9-20/h3-6,11,13,16H,7-10,18H2,1-2H3. The summed E-state index contributed by atoms with van der Waals surface area (Å²) in [6.07, 6.45) is 2.83. The van der Waals surface area contributed by atoms with E-state index in [2.05, 4.69) is 35.9 Å². The van der Waals surface area contributed by atoms with Gasteiger partial charge in [-0.05, 0) is 31.4 Å². The van der Waals surface area contributed by atoms with Crippen LogP contribution in [-0.2, 0) is 6.54 Å². The summed E-state index contributed by atoms with van der Waals surface area (Å²) in [5.41, 5.74) is 9.33. The van der Waals surface area contributed by atoms with E-state index in [9.17, 15) is 0 Å². The van der Waals surface area contributed by atoms with Crippen LogP contribution >= 0.6 is 0 Å². The fourth-order valence-corrected chi connectivity index (χ4v) is 2.83.